The predicted molar refractivity (Wildman–Crippen MR) is 50.8 cm³/mol. The summed E-state index contributed by atoms with van der Waals surface area (Å²) in [5.41, 5.74) is 8.01. The highest BCUT2D eigenvalue weighted by atomic mass is 32.2. The van der Waals surface area contributed by atoms with Gasteiger partial charge in [-0.25, -0.2) is 0 Å². The van der Waals surface area contributed by atoms with Gasteiger partial charge in [-0.05, 0) is 30.2 Å². The molecule has 1 aromatic rings. The molecule has 0 saturated heterocycles. The Hall–Kier alpha value is -1.07. The Morgan fingerprint density at radius 2 is 2.31 bits per heavy atom. The van der Waals surface area contributed by atoms with E-state index >= 15 is 0 Å². The van der Waals surface area contributed by atoms with Crippen molar-refractivity contribution in [2.75, 3.05) is 16.6 Å². The van der Waals surface area contributed by atoms with Crippen molar-refractivity contribution in [2.24, 2.45) is 0 Å². The summed E-state index contributed by atoms with van der Waals surface area (Å²) in [7, 11) is 0. The highest BCUT2D eigenvalue weighted by Crippen LogP contribution is 2.29. The van der Waals surface area contributed by atoms with E-state index in [1.807, 2.05) is 6.07 Å². The molecule has 0 fully saturated rings. The smallest absolute Gasteiger partial charge is 0.0516 e. The lowest BCUT2D eigenvalue weighted by atomic mass is 10.1. The molecule has 1 heterocycles. The van der Waals surface area contributed by atoms with E-state index in [0.717, 1.165) is 17.7 Å². The number of nitrogens with two attached hydrogens (primary N) is 1. The molecule has 0 aliphatic carbocycles. The Morgan fingerprint density at radius 3 is 3.00 bits per heavy atom. The van der Waals surface area contributed by atoms with Gasteiger partial charge >= 0.3 is 0 Å². The second kappa shape index (κ2) is 3.01. The zero-order valence-corrected chi connectivity index (χ0v) is 7.71. The molecule has 0 saturated carbocycles. The van der Waals surface area contributed by atoms with E-state index in [2.05, 4.69) is 0 Å². The lowest BCUT2D eigenvalue weighted by Crippen LogP contribution is -2.22. The number of anilines is 2. The minimum absolute atomic E-state index is 0.523. The van der Waals surface area contributed by atoms with E-state index in [9.17, 15) is 8.76 Å². The Bertz CT molecular complexity index is 367. The fourth-order valence-electron chi connectivity index (χ4n) is 1.55. The zero-order chi connectivity index (χ0) is 9.42. The first kappa shape index (κ1) is 8.52. The largest absolute Gasteiger partial charge is 0.755 e. The zero-order valence-electron chi connectivity index (χ0n) is 6.90. The minimum Gasteiger partial charge on any atom is -0.755 e. The van der Waals surface area contributed by atoms with Gasteiger partial charge in [0.25, 0.3) is 0 Å². The lowest BCUT2D eigenvalue weighted by Gasteiger charge is -2.20. The van der Waals surface area contributed by atoms with E-state index in [0.29, 0.717) is 12.2 Å². The van der Waals surface area contributed by atoms with Crippen LogP contribution in [0.2, 0.25) is 0 Å². The van der Waals surface area contributed by atoms with E-state index in [1.54, 1.807) is 12.1 Å². The second-order valence-electron chi connectivity index (χ2n) is 2.96. The number of benzene rings is 1. The van der Waals surface area contributed by atoms with Crippen molar-refractivity contribution >= 4 is 22.6 Å². The molecule has 0 radical (unpaired) electrons. The Kier molecular flexibility index (Phi) is 1.97. The molecule has 1 unspecified atom stereocenters. The maximum Gasteiger partial charge on any atom is 0.0516 e. The maximum absolute atomic E-state index is 10.7. The number of nitrogens with zero attached hydrogens (tertiary/aromatic N) is 1. The Morgan fingerprint density at radius 1 is 1.54 bits per heavy atom. The van der Waals surface area contributed by atoms with Crippen molar-refractivity contribution in [1.82, 2.24) is 0 Å². The minimum atomic E-state index is -2.17. The first-order valence-electron chi connectivity index (χ1n) is 3.94. The summed E-state index contributed by atoms with van der Waals surface area (Å²) in [5.74, 6) is 0. The highest BCUT2D eigenvalue weighted by Gasteiger charge is 2.19. The number of nitrogen functional groups attached to an aromatic ring is 1. The van der Waals surface area contributed by atoms with Crippen LogP contribution in [0.1, 0.15) is 5.56 Å². The molecule has 1 aromatic carbocycles. The first-order valence-corrected chi connectivity index (χ1v) is 4.97. The predicted octanol–water partition coefficient (Wildman–Crippen LogP) is 0.425. The summed E-state index contributed by atoms with van der Waals surface area (Å²) in [6.07, 6.45) is 0.744. The van der Waals surface area contributed by atoms with E-state index in [4.69, 9.17) is 5.73 Å². The molecule has 1 aliphatic heterocycles. The molecular weight excluding hydrogens is 188 g/mol. The highest BCUT2D eigenvalue weighted by molar-refractivity contribution is 7.80. The van der Waals surface area contributed by atoms with Crippen LogP contribution in [-0.2, 0) is 17.7 Å². The first-order chi connectivity index (χ1) is 6.18. The van der Waals surface area contributed by atoms with Gasteiger partial charge in [0, 0.05) is 23.5 Å². The standard InChI is InChI=1S/C8H10N2O2S/c9-7-1-2-8-6(5-7)3-4-10(8)13(11)12/h1-2,5H,3-4,9H2,(H,11,12)/p-1. The molecule has 2 N–H and O–H groups in total. The third kappa shape index (κ3) is 1.40. The van der Waals surface area contributed by atoms with E-state index in [1.165, 1.54) is 4.31 Å². The lowest BCUT2D eigenvalue weighted by molar-refractivity contribution is 0.533. The molecule has 1 aliphatic rings. The average molecular weight is 197 g/mol. The van der Waals surface area contributed by atoms with Gasteiger partial charge in [-0.3, -0.25) is 4.21 Å². The monoisotopic (exact) mass is 197 g/mol. The topological polar surface area (TPSA) is 69.4 Å². The molecule has 5 heteroatoms. The van der Waals surface area contributed by atoms with Gasteiger partial charge in [0.2, 0.25) is 0 Å². The molecule has 0 aromatic heterocycles. The maximum atomic E-state index is 10.7. The number of rotatable bonds is 1. The van der Waals surface area contributed by atoms with Gasteiger partial charge in [-0.2, -0.15) is 0 Å². The van der Waals surface area contributed by atoms with Crippen LogP contribution in [0.5, 0.6) is 0 Å². The van der Waals surface area contributed by atoms with Crippen LogP contribution in [0.3, 0.4) is 0 Å². The van der Waals surface area contributed by atoms with Crippen molar-refractivity contribution in [3.8, 4) is 0 Å². The van der Waals surface area contributed by atoms with E-state index in [-0.39, 0.29) is 0 Å². The van der Waals surface area contributed by atoms with Crippen LogP contribution < -0.4 is 10.0 Å². The molecule has 4 nitrogen and oxygen atoms in total. The molecule has 13 heavy (non-hydrogen) atoms. The quantitative estimate of drug-likeness (QED) is 0.524. The van der Waals surface area contributed by atoms with Crippen molar-refractivity contribution in [3.63, 3.8) is 0 Å². The van der Waals surface area contributed by atoms with Crippen LogP contribution in [0, 0.1) is 0 Å². The fraction of sp³-hybridized carbons (Fsp3) is 0.250. The van der Waals surface area contributed by atoms with Gasteiger partial charge in [-0.1, -0.05) is 0 Å². The van der Waals surface area contributed by atoms with Crippen molar-refractivity contribution in [2.45, 2.75) is 6.42 Å². The Labute approximate surface area is 78.8 Å². The van der Waals surface area contributed by atoms with Crippen molar-refractivity contribution < 1.29 is 8.76 Å². The number of hydrogen-bond acceptors (Lipinski definition) is 3. The fourth-order valence-corrected chi connectivity index (χ4v) is 2.13. The third-order valence-electron chi connectivity index (χ3n) is 2.14. The van der Waals surface area contributed by atoms with Gasteiger partial charge in [0.1, 0.15) is 0 Å². The van der Waals surface area contributed by atoms with Crippen molar-refractivity contribution in [3.05, 3.63) is 23.8 Å². The molecule has 70 valence electrons. The summed E-state index contributed by atoms with van der Waals surface area (Å²) < 4.78 is 22.8. The number of hydrogen-bond donors (Lipinski definition) is 1. The van der Waals surface area contributed by atoms with E-state index < -0.39 is 11.3 Å². The van der Waals surface area contributed by atoms with Crippen LogP contribution in [0.15, 0.2) is 18.2 Å². The van der Waals surface area contributed by atoms with Crippen LogP contribution in [0.4, 0.5) is 11.4 Å². The normalized spacial score (nSPS) is 17.2. The van der Waals surface area contributed by atoms with Gasteiger partial charge in [0.05, 0.1) is 5.69 Å². The third-order valence-corrected chi connectivity index (χ3v) is 2.88. The summed E-state index contributed by atoms with van der Waals surface area (Å²) in [6.45, 7) is 0.523. The van der Waals surface area contributed by atoms with Crippen molar-refractivity contribution in [1.29, 1.82) is 0 Å². The summed E-state index contributed by atoms with van der Waals surface area (Å²) in [5, 5.41) is 0. The summed E-state index contributed by atoms with van der Waals surface area (Å²) >= 11 is -2.17. The summed E-state index contributed by atoms with van der Waals surface area (Å²) in [4.78, 5) is 0. The van der Waals surface area contributed by atoms with Gasteiger partial charge in [0.15, 0.2) is 0 Å². The SMILES string of the molecule is Nc1ccc2c(c1)CCN2S(=O)[O-]. The van der Waals surface area contributed by atoms with Gasteiger partial charge < -0.3 is 14.6 Å². The molecule has 2 rings (SSSR count). The molecule has 0 bridgehead atoms. The van der Waals surface area contributed by atoms with Crippen LogP contribution in [-0.4, -0.2) is 15.3 Å². The number of fused-ring (bicyclic) bond motifs is 1. The van der Waals surface area contributed by atoms with Gasteiger partial charge in [-0.15, -0.1) is 0 Å². The summed E-state index contributed by atoms with van der Waals surface area (Å²) in [6, 6.07) is 5.28. The molecule has 0 amide bonds. The Balaban J connectivity index is 2.44. The average Bonchev–Trinajstić information content (AvgIpc) is 2.46. The molecular formula is C8H9N2O2S-. The molecule has 1 atom stereocenters. The molecule has 0 spiro atoms. The van der Waals surface area contributed by atoms with Crippen LogP contribution in [0.25, 0.3) is 0 Å². The van der Waals surface area contributed by atoms with Crippen LogP contribution >= 0.6 is 0 Å². The second-order valence-corrected chi connectivity index (χ2v) is 3.83.